The maximum absolute atomic E-state index is 12.9. The molecule has 0 spiro atoms. The van der Waals surface area contributed by atoms with Gasteiger partial charge < -0.3 is 14.2 Å². The molecule has 204 valence electrons. The van der Waals surface area contributed by atoms with Crippen molar-refractivity contribution < 1.29 is 23.9 Å². The van der Waals surface area contributed by atoms with Crippen LogP contribution in [0.25, 0.3) is 10.8 Å². The number of carbonyl (C=O) groups is 1. The first-order valence-electron chi connectivity index (χ1n) is 12.6. The van der Waals surface area contributed by atoms with Crippen LogP contribution in [0.3, 0.4) is 0 Å². The molecule has 40 heavy (non-hydrogen) atoms. The zero-order valence-corrected chi connectivity index (χ0v) is 22.3. The van der Waals surface area contributed by atoms with Crippen molar-refractivity contribution >= 4 is 28.6 Å². The number of fused-ring (bicyclic) bond motifs is 1. The number of allylic oxidation sites excluding steroid dienone is 1. The van der Waals surface area contributed by atoms with Crippen molar-refractivity contribution in [1.82, 2.24) is 5.43 Å². The number of methoxy groups -OCH3 is 1. The number of nitrogens with zero attached hydrogens (tertiary/aromatic N) is 2. The zero-order chi connectivity index (χ0) is 28.5. The molecule has 0 saturated heterocycles. The lowest BCUT2D eigenvalue weighted by molar-refractivity contribution is -0.384. The Hall–Kier alpha value is -5.18. The molecule has 0 aromatic heterocycles. The quantitative estimate of drug-likeness (QED) is 0.0989. The van der Waals surface area contributed by atoms with E-state index in [-0.39, 0.29) is 12.3 Å². The summed E-state index contributed by atoms with van der Waals surface area (Å²) in [5.74, 6) is 1.10. The summed E-state index contributed by atoms with van der Waals surface area (Å²) in [6, 6.07) is 21.1. The Morgan fingerprint density at radius 2 is 1.75 bits per heavy atom. The van der Waals surface area contributed by atoms with Crippen LogP contribution in [0.4, 0.5) is 5.69 Å². The van der Waals surface area contributed by atoms with E-state index in [0.717, 1.165) is 21.9 Å². The van der Waals surface area contributed by atoms with E-state index in [1.165, 1.54) is 25.5 Å². The molecule has 9 heteroatoms. The van der Waals surface area contributed by atoms with Gasteiger partial charge in [-0.15, -0.1) is 6.58 Å². The third-order valence-corrected chi connectivity index (χ3v) is 6.04. The number of hydrazone groups is 1. The second kappa shape index (κ2) is 13.1. The van der Waals surface area contributed by atoms with E-state index in [1.54, 1.807) is 30.3 Å². The van der Waals surface area contributed by atoms with Crippen molar-refractivity contribution in [2.75, 3.05) is 13.7 Å². The van der Waals surface area contributed by atoms with Crippen LogP contribution in [-0.2, 0) is 13.0 Å². The second-order valence-electron chi connectivity index (χ2n) is 8.74. The molecule has 4 aromatic rings. The molecule has 0 aliphatic rings. The van der Waals surface area contributed by atoms with E-state index < -0.39 is 10.8 Å². The van der Waals surface area contributed by atoms with E-state index in [4.69, 9.17) is 14.2 Å². The van der Waals surface area contributed by atoms with Gasteiger partial charge in [0, 0.05) is 17.7 Å². The summed E-state index contributed by atoms with van der Waals surface area (Å²) in [4.78, 5) is 23.4. The largest absolute Gasteiger partial charge is 0.496 e. The summed E-state index contributed by atoms with van der Waals surface area (Å²) in [5, 5.41) is 17.0. The van der Waals surface area contributed by atoms with E-state index in [2.05, 4.69) is 17.1 Å². The molecule has 0 radical (unpaired) electrons. The third-order valence-electron chi connectivity index (χ3n) is 6.04. The van der Waals surface area contributed by atoms with E-state index in [9.17, 15) is 14.9 Å². The summed E-state index contributed by atoms with van der Waals surface area (Å²) in [6.07, 6.45) is 3.77. The fraction of sp³-hybridized carbons (Fsp3) is 0.161. The first kappa shape index (κ1) is 27.8. The van der Waals surface area contributed by atoms with E-state index in [1.807, 2.05) is 43.3 Å². The van der Waals surface area contributed by atoms with Crippen LogP contribution in [0.15, 0.2) is 90.6 Å². The molecule has 1 amide bonds. The van der Waals surface area contributed by atoms with Crippen LogP contribution < -0.4 is 19.6 Å². The third kappa shape index (κ3) is 6.63. The van der Waals surface area contributed by atoms with Crippen LogP contribution >= 0.6 is 0 Å². The van der Waals surface area contributed by atoms with Crippen molar-refractivity contribution in [3.8, 4) is 17.2 Å². The highest BCUT2D eigenvalue weighted by Gasteiger charge is 2.15. The minimum Gasteiger partial charge on any atom is -0.496 e. The number of hydrogen-bond acceptors (Lipinski definition) is 7. The number of non-ortho nitro benzene ring substituents is 1. The summed E-state index contributed by atoms with van der Waals surface area (Å²) >= 11 is 0. The summed E-state index contributed by atoms with van der Waals surface area (Å²) in [7, 11) is 1.52. The number of ether oxygens (including phenoxy) is 3. The normalized spacial score (nSPS) is 10.8. The SMILES string of the molecule is C=CCc1cc(/C=N\NC(=O)c2cc3ccccc3cc2OC)cc(OCC)c1OCc1ccc([N+](=O)[O-])cc1. The summed E-state index contributed by atoms with van der Waals surface area (Å²) in [5.41, 5.74) is 5.23. The highest BCUT2D eigenvalue weighted by atomic mass is 16.6. The number of benzene rings is 4. The van der Waals surface area contributed by atoms with Crippen LogP contribution in [0, 0.1) is 10.1 Å². The number of nitrogens with one attached hydrogen (secondary N) is 1. The zero-order valence-electron chi connectivity index (χ0n) is 22.3. The van der Waals surface area contributed by atoms with Gasteiger partial charge in [-0.1, -0.05) is 30.3 Å². The highest BCUT2D eigenvalue weighted by molar-refractivity contribution is 6.02. The average molecular weight is 540 g/mol. The molecular formula is C31H29N3O6. The Labute approximate surface area is 231 Å². The van der Waals surface area contributed by atoms with Gasteiger partial charge in [0.15, 0.2) is 11.5 Å². The molecule has 1 N–H and O–H groups in total. The first-order chi connectivity index (χ1) is 19.4. The molecule has 4 rings (SSSR count). The van der Waals surface area contributed by atoms with Gasteiger partial charge in [0.25, 0.3) is 11.6 Å². The smallest absolute Gasteiger partial charge is 0.275 e. The topological polar surface area (TPSA) is 112 Å². The second-order valence-corrected chi connectivity index (χ2v) is 8.74. The van der Waals surface area contributed by atoms with Gasteiger partial charge >= 0.3 is 0 Å². The Bertz CT molecular complexity index is 1560. The fourth-order valence-electron chi connectivity index (χ4n) is 4.15. The molecule has 0 saturated carbocycles. The van der Waals surface area contributed by atoms with Gasteiger partial charge in [-0.05, 0) is 71.6 Å². The Morgan fingerprint density at radius 1 is 1.02 bits per heavy atom. The molecule has 0 unspecified atom stereocenters. The van der Waals surface area contributed by atoms with Crippen LogP contribution in [0.1, 0.15) is 34.0 Å². The Kier molecular flexibility index (Phi) is 9.09. The molecular weight excluding hydrogens is 510 g/mol. The molecule has 0 bridgehead atoms. The van der Waals surface area contributed by atoms with Gasteiger partial charge in [0.2, 0.25) is 0 Å². The maximum Gasteiger partial charge on any atom is 0.275 e. The number of nitro benzene ring substituents is 1. The number of amides is 1. The molecule has 0 aliphatic carbocycles. The van der Waals surface area contributed by atoms with Gasteiger partial charge in [0.1, 0.15) is 12.4 Å². The molecule has 0 aliphatic heterocycles. The highest BCUT2D eigenvalue weighted by Crippen LogP contribution is 2.34. The first-order valence-corrected chi connectivity index (χ1v) is 12.6. The lowest BCUT2D eigenvalue weighted by atomic mass is 10.1. The summed E-state index contributed by atoms with van der Waals surface area (Å²) < 4.78 is 17.4. The molecule has 0 heterocycles. The number of rotatable bonds is 12. The standard InChI is InChI=1S/C31H29N3O6/c1-4-8-25-15-22(16-29(39-5-2)30(25)40-20-21-11-13-26(14-12-21)34(36)37)19-32-33-31(35)27-17-23-9-6-7-10-24(23)18-28(27)38-3/h4,6-7,9-19H,1,5,8,20H2,2-3H3,(H,33,35)/b32-19-. The average Bonchev–Trinajstić information content (AvgIpc) is 2.96. The lowest BCUT2D eigenvalue weighted by Gasteiger charge is -2.17. The Morgan fingerprint density at radius 3 is 2.40 bits per heavy atom. The Balaban J connectivity index is 1.54. The van der Waals surface area contributed by atoms with Crippen molar-refractivity contribution in [1.29, 1.82) is 0 Å². The van der Waals surface area contributed by atoms with Gasteiger partial charge in [-0.3, -0.25) is 14.9 Å². The van der Waals surface area contributed by atoms with E-state index in [0.29, 0.717) is 41.4 Å². The number of nitro groups is 1. The fourth-order valence-corrected chi connectivity index (χ4v) is 4.15. The molecule has 9 nitrogen and oxygen atoms in total. The van der Waals surface area contributed by atoms with Crippen molar-refractivity contribution in [3.63, 3.8) is 0 Å². The molecule has 4 aromatic carbocycles. The number of hydrogen-bond donors (Lipinski definition) is 1. The van der Waals surface area contributed by atoms with Crippen molar-refractivity contribution in [2.24, 2.45) is 5.10 Å². The van der Waals surface area contributed by atoms with Crippen molar-refractivity contribution in [3.05, 3.63) is 118 Å². The number of carbonyl (C=O) groups excluding carboxylic acids is 1. The lowest BCUT2D eigenvalue weighted by Crippen LogP contribution is -2.18. The van der Waals surface area contributed by atoms with Gasteiger partial charge in [-0.2, -0.15) is 5.10 Å². The minimum atomic E-state index is -0.443. The predicted octanol–water partition coefficient (Wildman–Crippen LogP) is 6.23. The van der Waals surface area contributed by atoms with Crippen LogP contribution in [-0.4, -0.2) is 30.8 Å². The monoisotopic (exact) mass is 539 g/mol. The van der Waals surface area contributed by atoms with Gasteiger partial charge in [-0.25, -0.2) is 5.43 Å². The maximum atomic E-state index is 12.9. The molecule has 0 atom stereocenters. The predicted molar refractivity (Wildman–Crippen MR) is 155 cm³/mol. The van der Waals surface area contributed by atoms with Crippen LogP contribution in [0.2, 0.25) is 0 Å². The van der Waals surface area contributed by atoms with Gasteiger partial charge in [0.05, 0.1) is 30.4 Å². The van der Waals surface area contributed by atoms with E-state index >= 15 is 0 Å². The minimum absolute atomic E-state index is 0.0147. The van der Waals surface area contributed by atoms with Crippen molar-refractivity contribution in [2.45, 2.75) is 20.0 Å². The molecule has 0 fully saturated rings. The van der Waals surface area contributed by atoms with Crippen LogP contribution in [0.5, 0.6) is 17.2 Å². The summed E-state index contributed by atoms with van der Waals surface area (Å²) in [6.45, 7) is 6.30.